The molecule has 0 radical (unpaired) electrons. The maximum atomic E-state index is 12.2. The van der Waals surface area contributed by atoms with E-state index in [0.29, 0.717) is 0 Å². The summed E-state index contributed by atoms with van der Waals surface area (Å²) >= 11 is 6.78. The van der Waals surface area contributed by atoms with Gasteiger partial charge in [-0.05, 0) is 34.5 Å². The van der Waals surface area contributed by atoms with E-state index in [1.54, 1.807) is 0 Å². The molecule has 88 valence electrons. The SMILES string of the molecule is CCCN(CCBr)C(=O)c1ccccc1Br. The average molecular weight is 349 g/mol. The molecular weight excluding hydrogens is 334 g/mol. The molecule has 2 nitrogen and oxygen atoms in total. The van der Waals surface area contributed by atoms with Crippen molar-refractivity contribution >= 4 is 37.8 Å². The molecule has 0 heterocycles. The van der Waals surface area contributed by atoms with Crippen LogP contribution in [0.3, 0.4) is 0 Å². The van der Waals surface area contributed by atoms with Crippen LogP contribution in [0.4, 0.5) is 0 Å². The van der Waals surface area contributed by atoms with E-state index in [1.807, 2.05) is 29.2 Å². The summed E-state index contributed by atoms with van der Waals surface area (Å²) in [7, 11) is 0. The number of halogens is 2. The van der Waals surface area contributed by atoms with Gasteiger partial charge in [0.05, 0.1) is 5.56 Å². The minimum absolute atomic E-state index is 0.0915. The number of hydrogen-bond donors (Lipinski definition) is 0. The van der Waals surface area contributed by atoms with Crippen molar-refractivity contribution in [2.45, 2.75) is 13.3 Å². The summed E-state index contributed by atoms with van der Waals surface area (Å²) in [5.74, 6) is 0.0915. The van der Waals surface area contributed by atoms with Gasteiger partial charge in [0.15, 0.2) is 0 Å². The van der Waals surface area contributed by atoms with Crippen molar-refractivity contribution in [1.82, 2.24) is 4.90 Å². The van der Waals surface area contributed by atoms with Gasteiger partial charge < -0.3 is 4.90 Å². The lowest BCUT2D eigenvalue weighted by Crippen LogP contribution is -2.33. The van der Waals surface area contributed by atoms with E-state index in [4.69, 9.17) is 0 Å². The van der Waals surface area contributed by atoms with Gasteiger partial charge in [0.1, 0.15) is 0 Å². The quantitative estimate of drug-likeness (QED) is 0.743. The van der Waals surface area contributed by atoms with Crippen LogP contribution in [0.1, 0.15) is 23.7 Å². The van der Waals surface area contributed by atoms with Crippen LogP contribution in [0.2, 0.25) is 0 Å². The van der Waals surface area contributed by atoms with Gasteiger partial charge >= 0.3 is 0 Å². The molecule has 0 saturated heterocycles. The second kappa shape index (κ2) is 7.07. The van der Waals surface area contributed by atoms with E-state index in [-0.39, 0.29) is 5.91 Å². The van der Waals surface area contributed by atoms with Gasteiger partial charge in [-0.3, -0.25) is 4.79 Å². The number of nitrogens with zero attached hydrogens (tertiary/aromatic N) is 1. The molecule has 1 aromatic rings. The Balaban J connectivity index is 2.85. The van der Waals surface area contributed by atoms with Crippen LogP contribution in [0.25, 0.3) is 0 Å². The van der Waals surface area contributed by atoms with Crippen LogP contribution >= 0.6 is 31.9 Å². The van der Waals surface area contributed by atoms with Gasteiger partial charge in [-0.2, -0.15) is 0 Å². The topological polar surface area (TPSA) is 20.3 Å². The standard InChI is InChI=1S/C12H15Br2NO/c1-2-8-15(9-7-13)12(16)10-5-3-4-6-11(10)14/h3-6H,2,7-9H2,1H3. The zero-order valence-corrected chi connectivity index (χ0v) is 12.4. The molecule has 0 fully saturated rings. The fourth-order valence-electron chi connectivity index (χ4n) is 1.49. The average Bonchev–Trinajstić information content (AvgIpc) is 2.28. The van der Waals surface area contributed by atoms with Gasteiger partial charge in [-0.15, -0.1) is 0 Å². The molecule has 4 heteroatoms. The predicted octanol–water partition coefficient (Wildman–Crippen LogP) is 3.70. The predicted molar refractivity (Wildman–Crippen MR) is 74.1 cm³/mol. The maximum absolute atomic E-state index is 12.2. The summed E-state index contributed by atoms with van der Waals surface area (Å²) in [5.41, 5.74) is 0.733. The fourth-order valence-corrected chi connectivity index (χ4v) is 2.37. The highest BCUT2D eigenvalue weighted by molar-refractivity contribution is 9.10. The first-order valence-electron chi connectivity index (χ1n) is 5.30. The summed E-state index contributed by atoms with van der Waals surface area (Å²) < 4.78 is 0.857. The molecule has 0 saturated carbocycles. The zero-order chi connectivity index (χ0) is 12.0. The first kappa shape index (κ1) is 13.7. The second-order valence-electron chi connectivity index (χ2n) is 3.46. The molecule has 1 aromatic carbocycles. The van der Waals surface area contributed by atoms with Crippen molar-refractivity contribution in [3.05, 3.63) is 34.3 Å². The number of amides is 1. The first-order chi connectivity index (χ1) is 7.70. The summed E-state index contributed by atoms with van der Waals surface area (Å²) in [6, 6.07) is 7.54. The van der Waals surface area contributed by atoms with E-state index in [0.717, 1.165) is 34.9 Å². The van der Waals surface area contributed by atoms with E-state index < -0.39 is 0 Å². The Morgan fingerprint density at radius 1 is 1.31 bits per heavy atom. The van der Waals surface area contributed by atoms with Gasteiger partial charge in [0, 0.05) is 22.9 Å². The minimum atomic E-state index is 0.0915. The minimum Gasteiger partial charge on any atom is -0.338 e. The van der Waals surface area contributed by atoms with Crippen molar-refractivity contribution in [2.75, 3.05) is 18.4 Å². The molecule has 0 aliphatic carbocycles. The molecular formula is C12H15Br2NO. The number of carbonyl (C=O) groups is 1. The third kappa shape index (κ3) is 3.59. The molecule has 0 unspecified atom stereocenters. The number of carbonyl (C=O) groups excluding carboxylic acids is 1. The summed E-state index contributed by atoms with van der Waals surface area (Å²) in [5, 5.41) is 0.809. The Morgan fingerprint density at radius 3 is 2.56 bits per heavy atom. The molecule has 0 spiro atoms. The van der Waals surface area contributed by atoms with E-state index in [1.165, 1.54) is 0 Å². The fraction of sp³-hybridized carbons (Fsp3) is 0.417. The Kier molecular flexibility index (Phi) is 6.06. The smallest absolute Gasteiger partial charge is 0.255 e. The van der Waals surface area contributed by atoms with Crippen molar-refractivity contribution in [3.63, 3.8) is 0 Å². The largest absolute Gasteiger partial charge is 0.338 e. The third-order valence-corrected chi connectivity index (χ3v) is 3.29. The molecule has 1 rings (SSSR count). The Hall–Kier alpha value is -0.350. The highest BCUT2D eigenvalue weighted by Crippen LogP contribution is 2.18. The summed E-state index contributed by atoms with van der Waals surface area (Å²) in [6.45, 7) is 3.62. The van der Waals surface area contributed by atoms with Crippen molar-refractivity contribution in [1.29, 1.82) is 0 Å². The number of hydrogen-bond acceptors (Lipinski definition) is 1. The molecule has 1 amide bonds. The molecule has 0 atom stereocenters. The molecule has 0 aromatic heterocycles. The van der Waals surface area contributed by atoms with Crippen molar-refractivity contribution in [2.24, 2.45) is 0 Å². The monoisotopic (exact) mass is 347 g/mol. The Labute approximate surface area is 113 Å². The number of benzene rings is 1. The second-order valence-corrected chi connectivity index (χ2v) is 5.11. The van der Waals surface area contributed by atoms with Gasteiger partial charge in [-0.1, -0.05) is 35.0 Å². The Morgan fingerprint density at radius 2 is 2.00 bits per heavy atom. The van der Waals surface area contributed by atoms with Gasteiger partial charge in [0.25, 0.3) is 5.91 Å². The van der Waals surface area contributed by atoms with Crippen molar-refractivity contribution in [3.8, 4) is 0 Å². The molecule has 0 aliphatic heterocycles. The normalized spacial score (nSPS) is 10.2. The van der Waals surface area contributed by atoms with Gasteiger partial charge in [0.2, 0.25) is 0 Å². The van der Waals surface area contributed by atoms with Crippen LogP contribution in [0.15, 0.2) is 28.7 Å². The van der Waals surface area contributed by atoms with Crippen LogP contribution in [-0.4, -0.2) is 29.2 Å². The lowest BCUT2D eigenvalue weighted by Gasteiger charge is -2.21. The summed E-state index contributed by atoms with van der Waals surface area (Å²) in [6.07, 6.45) is 0.975. The molecule has 0 bridgehead atoms. The summed E-state index contributed by atoms with van der Waals surface area (Å²) in [4.78, 5) is 14.1. The third-order valence-electron chi connectivity index (χ3n) is 2.24. The molecule has 16 heavy (non-hydrogen) atoms. The first-order valence-corrected chi connectivity index (χ1v) is 7.22. The molecule has 0 N–H and O–H groups in total. The van der Waals surface area contributed by atoms with E-state index in [9.17, 15) is 4.79 Å². The number of rotatable bonds is 5. The van der Waals surface area contributed by atoms with Crippen LogP contribution < -0.4 is 0 Å². The van der Waals surface area contributed by atoms with Crippen LogP contribution in [0, 0.1) is 0 Å². The van der Waals surface area contributed by atoms with Crippen LogP contribution in [0.5, 0.6) is 0 Å². The lowest BCUT2D eigenvalue weighted by atomic mass is 10.2. The van der Waals surface area contributed by atoms with Crippen LogP contribution in [-0.2, 0) is 0 Å². The highest BCUT2D eigenvalue weighted by Gasteiger charge is 2.16. The Bertz CT molecular complexity index is 349. The number of alkyl halides is 1. The lowest BCUT2D eigenvalue weighted by molar-refractivity contribution is 0.0765. The van der Waals surface area contributed by atoms with Crippen molar-refractivity contribution < 1.29 is 4.79 Å². The zero-order valence-electron chi connectivity index (χ0n) is 9.25. The molecule has 0 aliphatic rings. The van der Waals surface area contributed by atoms with Gasteiger partial charge in [-0.25, -0.2) is 0 Å². The highest BCUT2D eigenvalue weighted by atomic mass is 79.9. The maximum Gasteiger partial charge on any atom is 0.255 e. The van der Waals surface area contributed by atoms with E-state index in [2.05, 4.69) is 38.8 Å². The van der Waals surface area contributed by atoms with E-state index >= 15 is 0 Å².